The zero-order chi connectivity index (χ0) is 10.1. The van der Waals surface area contributed by atoms with E-state index in [1.54, 1.807) is 0 Å². The lowest BCUT2D eigenvalue weighted by molar-refractivity contribution is -0.121. The second kappa shape index (κ2) is 3.45. The minimum atomic E-state index is 0.0283. The molecule has 0 saturated carbocycles. The molecule has 2 rings (SSSR count). The van der Waals surface area contributed by atoms with E-state index >= 15 is 0 Å². The molecule has 2 nitrogen and oxygen atoms in total. The van der Waals surface area contributed by atoms with Crippen LogP contribution in [-0.2, 0) is 4.79 Å². The second-order valence-corrected chi connectivity index (χ2v) is 3.88. The standard InChI is InChI=1S/C12H14NO/c1-8-4-3-5-10(6-8)11-7-9(2)12(14)13-11/h3-7,9,11H,1-2H3,(H,13,14)/t9-,11+/m0/s1. The Morgan fingerprint density at radius 1 is 1.36 bits per heavy atom. The SMILES string of the molecule is Cc1cccc([C@H]2[CH][C@H](C)C(=O)N2)c1. The van der Waals surface area contributed by atoms with E-state index in [2.05, 4.69) is 30.8 Å². The highest BCUT2D eigenvalue weighted by Crippen LogP contribution is 2.26. The van der Waals surface area contributed by atoms with E-state index in [1.165, 1.54) is 11.1 Å². The molecule has 1 N–H and O–H groups in total. The van der Waals surface area contributed by atoms with Gasteiger partial charge in [0.15, 0.2) is 0 Å². The monoisotopic (exact) mass is 188 g/mol. The van der Waals surface area contributed by atoms with Gasteiger partial charge < -0.3 is 5.32 Å². The molecule has 1 aromatic rings. The molecule has 0 spiro atoms. The van der Waals surface area contributed by atoms with E-state index in [0.717, 1.165) is 0 Å². The third kappa shape index (κ3) is 1.65. The highest BCUT2D eigenvalue weighted by molar-refractivity contribution is 5.83. The lowest BCUT2D eigenvalue weighted by Crippen LogP contribution is -2.20. The van der Waals surface area contributed by atoms with Crippen molar-refractivity contribution in [3.05, 3.63) is 41.8 Å². The first kappa shape index (κ1) is 9.25. The Morgan fingerprint density at radius 3 is 2.71 bits per heavy atom. The number of benzene rings is 1. The van der Waals surface area contributed by atoms with Crippen LogP contribution in [0.15, 0.2) is 24.3 Å². The van der Waals surface area contributed by atoms with Crippen molar-refractivity contribution in [1.82, 2.24) is 5.32 Å². The Morgan fingerprint density at radius 2 is 2.14 bits per heavy atom. The zero-order valence-electron chi connectivity index (χ0n) is 8.45. The summed E-state index contributed by atoms with van der Waals surface area (Å²) in [6.45, 7) is 3.98. The van der Waals surface area contributed by atoms with Gasteiger partial charge in [-0.05, 0) is 12.5 Å². The van der Waals surface area contributed by atoms with Crippen molar-refractivity contribution >= 4 is 5.91 Å². The average molecular weight is 188 g/mol. The molecule has 0 aliphatic carbocycles. The lowest BCUT2D eigenvalue weighted by Gasteiger charge is -2.10. The molecule has 1 heterocycles. The molecule has 73 valence electrons. The normalized spacial score (nSPS) is 26.3. The fourth-order valence-corrected chi connectivity index (χ4v) is 1.77. The van der Waals surface area contributed by atoms with E-state index in [-0.39, 0.29) is 17.9 Å². The van der Waals surface area contributed by atoms with E-state index in [0.29, 0.717) is 0 Å². The number of rotatable bonds is 1. The Labute approximate surface area is 84.3 Å². The minimum absolute atomic E-state index is 0.0283. The third-order valence-electron chi connectivity index (χ3n) is 2.59. The van der Waals surface area contributed by atoms with Crippen LogP contribution in [0.25, 0.3) is 0 Å². The first-order valence-electron chi connectivity index (χ1n) is 4.89. The van der Waals surface area contributed by atoms with E-state index in [1.807, 2.05) is 19.1 Å². The second-order valence-electron chi connectivity index (χ2n) is 3.88. The highest BCUT2D eigenvalue weighted by atomic mass is 16.2. The molecular formula is C12H14NO. The van der Waals surface area contributed by atoms with Gasteiger partial charge in [0, 0.05) is 12.3 Å². The zero-order valence-corrected chi connectivity index (χ0v) is 8.45. The fourth-order valence-electron chi connectivity index (χ4n) is 1.77. The van der Waals surface area contributed by atoms with Crippen molar-refractivity contribution in [2.45, 2.75) is 19.9 Å². The molecule has 1 aromatic carbocycles. The largest absolute Gasteiger partial charge is 0.349 e. The molecule has 1 saturated heterocycles. The van der Waals surface area contributed by atoms with Crippen LogP contribution in [-0.4, -0.2) is 5.91 Å². The lowest BCUT2D eigenvalue weighted by atomic mass is 10.00. The molecular weight excluding hydrogens is 174 g/mol. The van der Waals surface area contributed by atoms with E-state index < -0.39 is 0 Å². The Bertz CT molecular complexity index is 359. The predicted octanol–water partition coefficient (Wildman–Crippen LogP) is 2.01. The van der Waals surface area contributed by atoms with Gasteiger partial charge in [-0.1, -0.05) is 36.8 Å². The number of carbonyl (C=O) groups is 1. The molecule has 1 amide bonds. The van der Waals surface area contributed by atoms with Crippen LogP contribution in [0.2, 0.25) is 0 Å². The molecule has 2 atom stereocenters. The van der Waals surface area contributed by atoms with E-state index in [9.17, 15) is 4.79 Å². The van der Waals surface area contributed by atoms with Gasteiger partial charge in [0.25, 0.3) is 0 Å². The maximum Gasteiger partial charge on any atom is 0.223 e. The predicted molar refractivity (Wildman–Crippen MR) is 55.5 cm³/mol. The van der Waals surface area contributed by atoms with Crippen molar-refractivity contribution < 1.29 is 4.79 Å². The smallest absolute Gasteiger partial charge is 0.223 e. The van der Waals surface area contributed by atoms with Gasteiger partial charge in [0.1, 0.15) is 0 Å². The Kier molecular flexibility index (Phi) is 2.28. The Hall–Kier alpha value is -1.31. The molecule has 1 radical (unpaired) electrons. The molecule has 1 fully saturated rings. The van der Waals surface area contributed by atoms with Crippen LogP contribution in [0, 0.1) is 19.3 Å². The van der Waals surface area contributed by atoms with Crippen molar-refractivity contribution in [3.63, 3.8) is 0 Å². The topological polar surface area (TPSA) is 29.1 Å². The maximum atomic E-state index is 11.3. The van der Waals surface area contributed by atoms with Gasteiger partial charge >= 0.3 is 0 Å². The van der Waals surface area contributed by atoms with Crippen LogP contribution in [0.5, 0.6) is 0 Å². The van der Waals surface area contributed by atoms with Crippen LogP contribution >= 0.6 is 0 Å². The van der Waals surface area contributed by atoms with Crippen molar-refractivity contribution in [1.29, 1.82) is 0 Å². The Balaban J connectivity index is 2.21. The average Bonchev–Trinajstić information content (AvgIpc) is 2.47. The first-order valence-corrected chi connectivity index (χ1v) is 4.89. The summed E-state index contributed by atoms with van der Waals surface area (Å²) in [7, 11) is 0. The van der Waals surface area contributed by atoms with Gasteiger partial charge in [0.05, 0.1) is 6.04 Å². The van der Waals surface area contributed by atoms with Crippen LogP contribution in [0.3, 0.4) is 0 Å². The van der Waals surface area contributed by atoms with E-state index in [4.69, 9.17) is 0 Å². The molecule has 2 heteroatoms. The molecule has 0 aromatic heterocycles. The van der Waals surface area contributed by atoms with Crippen molar-refractivity contribution in [2.75, 3.05) is 0 Å². The molecule has 0 bridgehead atoms. The van der Waals surface area contributed by atoms with Gasteiger partial charge in [-0.2, -0.15) is 0 Å². The summed E-state index contributed by atoms with van der Waals surface area (Å²) in [5, 5.41) is 2.95. The summed E-state index contributed by atoms with van der Waals surface area (Å²) in [6, 6.07) is 8.33. The van der Waals surface area contributed by atoms with Gasteiger partial charge in [-0.3, -0.25) is 4.79 Å². The number of aryl methyl sites for hydroxylation is 1. The van der Waals surface area contributed by atoms with Crippen molar-refractivity contribution in [2.24, 2.45) is 5.92 Å². The molecule has 0 unspecified atom stereocenters. The maximum absolute atomic E-state index is 11.3. The fraction of sp³-hybridized carbons (Fsp3) is 0.333. The summed E-state index contributed by atoms with van der Waals surface area (Å²) >= 11 is 0. The number of hydrogen-bond donors (Lipinski definition) is 1. The van der Waals surface area contributed by atoms with Gasteiger partial charge in [0.2, 0.25) is 5.91 Å². The van der Waals surface area contributed by atoms with Crippen molar-refractivity contribution in [3.8, 4) is 0 Å². The number of amides is 1. The summed E-state index contributed by atoms with van der Waals surface area (Å²) in [6.07, 6.45) is 2.05. The molecule has 1 aliphatic rings. The van der Waals surface area contributed by atoms with Crippen LogP contribution in [0.4, 0.5) is 0 Å². The minimum Gasteiger partial charge on any atom is -0.349 e. The third-order valence-corrected chi connectivity index (χ3v) is 2.59. The van der Waals surface area contributed by atoms with Gasteiger partial charge in [-0.15, -0.1) is 0 Å². The number of hydrogen-bond acceptors (Lipinski definition) is 1. The molecule has 14 heavy (non-hydrogen) atoms. The van der Waals surface area contributed by atoms with Gasteiger partial charge in [-0.25, -0.2) is 0 Å². The summed E-state index contributed by atoms with van der Waals surface area (Å²) in [5.74, 6) is 0.150. The molecule has 1 aliphatic heterocycles. The summed E-state index contributed by atoms with van der Waals surface area (Å²) in [4.78, 5) is 11.3. The quantitative estimate of drug-likeness (QED) is 0.717. The number of nitrogens with one attached hydrogen (secondary N) is 1. The first-order chi connectivity index (χ1) is 6.66. The van der Waals surface area contributed by atoms with Crippen LogP contribution in [0.1, 0.15) is 24.1 Å². The summed E-state index contributed by atoms with van der Waals surface area (Å²) < 4.78 is 0. The number of carbonyl (C=O) groups excluding carboxylic acids is 1. The van der Waals surface area contributed by atoms with Crippen LogP contribution < -0.4 is 5.32 Å². The summed E-state index contributed by atoms with van der Waals surface area (Å²) in [5.41, 5.74) is 2.40. The highest BCUT2D eigenvalue weighted by Gasteiger charge is 2.29.